The number of carbonyl (C=O) groups is 6. The number of aromatic nitrogens is 2. The number of nitrogens with one attached hydrogen (secondary N) is 2. The zero-order chi connectivity index (χ0) is 49.3. The molecule has 19 heteroatoms. The lowest BCUT2D eigenvalue weighted by atomic mass is 9.62. The molecule has 10 rings (SSSR count). The minimum absolute atomic E-state index is 0.0295. The number of ketones is 1. The highest BCUT2D eigenvalue weighted by Crippen LogP contribution is 2.52. The zero-order valence-electron chi connectivity index (χ0n) is 37.4. The molecule has 1 unspecified atom stereocenters. The fraction of sp³-hybridized carbons (Fsp3) is 0.333. The van der Waals surface area contributed by atoms with E-state index in [4.69, 9.17) is 28.9 Å². The number of likely N-dealkylation sites (tertiary alicyclic amines) is 2. The van der Waals surface area contributed by atoms with E-state index in [1.807, 2.05) is 0 Å². The summed E-state index contributed by atoms with van der Waals surface area (Å²) in [7, 11) is 0. The van der Waals surface area contributed by atoms with Gasteiger partial charge in [-0.05, 0) is 85.3 Å². The number of fused-ring (bicyclic) bond motifs is 4. The van der Waals surface area contributed by atoms with Gasteiger partial charge in [0.05, 0.1) is 26.6 Å². The number of primary amides is 1. The van der Waals surface area contributed by atoms with Crippen molar-refractivity contribution in [3.05, 3.63) is 129 Å². The van der Waals surface area contributed by atoms with Gasteiger partial charge < -0.3 is 45.5 Å². The van der Waals surface area contributed by atoms with Crippen LogP contribution < -0.4 is 16.4 Å². The highest BCUT2D eigenvalue weighted by atomic mass is 35.5. The summed E-state index contributed by atoms with van der Waals surface area (Å²) < 4.78 is 32.7. The van der Waals surface area contributed by atoms with Crippen LogP contribution in [0.15, 0.2) is 85.2 Å². The summed E-state index contributed by atoms with van der Waals surface area (Å²) >= 11 is 12.0. The van der Waals surface area contributed by atoms with E-state index >= 15 is 0 Å². The maximum absolute atomic E-state index is 15.0. The fourth-order valence-corrected chi connectivity index (χ4v) is 11.8. The zero-order valence-corrected chi connectivity index (χ0v) is 38.9. The van der Waals surface area contributed by atoms with E-state index in [0.29, 0.717) is 34.8 Å². The number of nitrogens with zero attached hydrogens (tertiary/aromatic N) is 4. The molecule has 7 atom stereocenters. The number of hydrogen-bond acceptors (Lipinski definition) is 8. The molecule has 6 aromatic rings. The van der Waals surface area contributed by atoms with Gasteiger partial charge >= 0.3 is 0 Å². The van der Waals surface area contributed by atoms with Crippen LogP contribution in [0.4, 0.5) is 8.78 Å². The SMILES string of the molecule is NC(=O)c1cn(CC(=O)N2C[C@@H]3CC(CC(=O)c4cn(CC(=O)N5C[C@@H]6CC[C@@H]6[C@H]5C(=O)NCc5cccc(Cl)c5F)c5cc(O)ccc45)[C@@H]3[C@H]2C(=O)NCc2cccc(Cl)c2F)c2cc(O)ccc12. The second-order valence-electron chi connectivity index (χ2n) is 18.9. The number of phenols is 2. The number of hydrogen-bond donors (Lipinski definition) is 5. The topological polar surface area (TPSA) is 209 Å². The average Bonchev–Trinajstić information content (AvgIpc) is 4.03. The van der Waals surface area contributed by atoms with Crippen LogP contribution in [0.1, 0.15) is 57.5 Å². The van der Waals surface area contributed by atoms with E-state index in [0.717, 1.165) is 12.8 Å². The average molecular weight is 995 g/mol. The Labute approximate surface area is 409 Å². The van der Waals surface area contributed by atoms with Gasteiger partial charge in [-0.2, -0.15) is 0 Å². The first-order valence-electron chi connectivity index (χ1n) is 23.0. The first-order valence-corrected chi connectivity index (χ1v) is 23.8. The minimum atomic E-state index is -1.07. The van der Waals surface area contributed by atoms with E-state index in [-0.39, 0.29) is 118 Å². The van der Waals surface area contributed by atoms with Crippen molar-refractivity contribution in [1.82, 2.24) is 29.6 Å². The monoisotopic (exact) mass is 993 g/mol. The number of phenolic OH excluding ortho intramolecular Hbond substituents is 2. The van der Waals surface area contributed by atoms with Crippen molar-refractivity contribution in [3.63, 3.8) is 0 Å². The summed E-state index contributed by atoms with van der Waals surface area (Å²) in [5.41, 5.74) is 7.20. The molecule has 2 saturated carbocycles. The maximum atomic E-state index is 15.0. The third kappa shape index (κ3) is 8.37. The van der Waals surface area contributed by atoms with Gasteiger partial charge in [0.15, 0.2) is 5.78 Å². The summed E-state index contributed by atoms with van der Waals surface area (Å²) in [5, 5.41) is 27.2. The maximum Gasteiger partial charge on any atom is 0.250 e. The summed E-state index contributed by atoms with van der Waals surface area (Å²) in [5.74, 6) is -5.34. The first-order chi connectivity index (χ1) is 33.6. The molecule has 6 N–H and O–H groups in total. The van der Waals surface area contributed by atoms with Crippen molar-refractivity contribution < 1.29 is 47.8 Å². The van der Waals surface area contributed by atoms with Crippen LogP contribution in [0.2, 0.25) is 10.0 Å². The molecule has 2 aliphatic carbocycles. The van der Waals surface area contributed by atoms with E-state index in [2.05, 4.69) is 10.6 Å². The Bertz CT molecular complexity index is 3180. The molecule has 362 valence electrons. The Balaban J connectivity index is 0.885. The number of amides is 5. The lowest BCUT2D eigenvalue weighted by molar-refractivity contribution is -0.140. The van der Waals surface area contributed by atoms with Crippen LogP contribution in [0, 0.1) is 41.2 Å². The van der Waals surface area contributed by atoms with Gasteiger partial charge in [0.25, 0.3) is 5.91 Å². The fourth-order valence-electron chi connectivity index (χ4n) is 11.4. The Kier molecular flexibility index (Phi) is 12.3. The van der Waals surface area contributed by atoms with Crippen molar-refractivity contribution in [2.45, 2.75) is 63.9 Å². The van der Waals surface area contributed by atoms with Gasteiger partial charge in [-0.25, -0.2) is 8.78 Å². The molecule has 4 fully saturated rings. The van der Waals surface area contributed by atoms with E-state index in [1.54, 1.807) is 33.9 Å². The van der Waals surface area contributed by atoms with Crippen molar-refractivity contribution in [2.75, 3.05) is 13.1 Å². The standard InChI is InChI=1S/C51H47Cl2F2N7O8/c52-37-5-1-3-25(45(37)54)17-57-50(69)47-32-10-7-27(32)19-61(47)42(66)23-59-21-35(33-11-8-30(63)15-39(33)59)41(65)14-28-13-29-20-62(48(44(28)29)51(70)58-18-26-4-2-6-38(53)46(26)55)43(67)24-60-22-36(49(56)68)34-12-9-31(64)16-40(34)60/h1-6,8-9,11-12,15-16,21-22,27-29,32,44,47-48,63-64H,7,10,13-14,17-20,23-24H2,(H2,56,68)(H,57,69)(H,58,70)/t27-,28?,29-,32-,44-,47-,48-/m0/s1. The van der Waals surface area contributed by atoms with Gasteiger partial charge in [-0.1, -0.05) is 47.5 Å². The van der Waals surface area contributed by atoms with Crippen LogP contribution in [0.5, 0.6) is 11.5 Å². The molecule has 0 radical (unpaired) electrons. The highest BCUT2D eigenvalue weighted by Gasteiger charge is 2.57. The Morgan fingerprint density at radius 3 is 1.73 bits per heavy atom. The molecular formula is C51H47Cl2F2N7O8. The van der Waals surface area contributed by atoms with Gasteiger partial charge in [-0.15, -0.1) is 0 Å². The molecule has 2 aliphatic heterocycles. The van der Waals surface area contributed by atoms with E-state index < -0.39 is 53.3 Å². The molecule has 2 saturated heterocycles. The molecule has 0 spiro atoms. The molecule has 5 amide bonds. The largest absolute Gasteiger partial charge is 0.508 e. The summed E-state index contributed by atoms with van der Waals surface area (Å²) in [6.07, 6.45) is 5.07. The highest BCUT2D eigenvalue weighted by molar-refractivity contribution is 6.31. The lowest BCUT2D eigenvalue weighted by Gasteiger charge is -2.41. The van der Waals surface area contributed by atoms with Crippen molar-refractivity contribution >= 4 is 80.3 Å². The van der Waals surface area contributed by atoms with Gasteiger partial charge in [0.1, 0.15) is 48.3 Å². The van der Waals surface area contributed by atoms with Crippen molar-refractivity contribution in [3.8, 4) is 11.5 Å². The predicted molar refractivity (Wildman–Crippen MR) is 253 cm³/mol. The van der Waals surface area contributed by atoms with Crippen LogP contribution in [0.3, 0.4) is 0 Å². The number of rotatable bonds is 14. The third-order valence-corrected chi connectivity index (χ3v) is 15.6. The normalized spacial score (nSPS) is 22.3. The molecule has 4 aliphatic rings. The second kappa shape index (κ2) is 18.4. The molecule has 70 heavy (non-hydrogen) atoms. The Morgan fingerprint density at radius 1 is 0.671 bits per heavy atom. The number of nitrogens with two attached hydrogens (primary N) is 1. The summed E-state index contributed by atoms with van der Waals surface area (Å²) in [6, 6.07) is 15.9. The molecule has 0 bridgehead atoms. The van der Waals surface area contributed by atoms with E-state index in [1.165, 1.54) is 70.3 Å². The second-order valence-corrected chi connectivity index (χ2v) is 19.7. The Morgan fingerprint density at radius 2 is 1.19 bits per heavy atom. The third-order valence-electron chi connectivity index (χ3n) is 15.0. The van der Waals surface area contributed by atoms with Crippen molar-refractivity contribution in [1.29, 1.82) is 0 Å². The molecule has 4 aromatic carbocycles. The summed E-state index contributed by atoms with van der Waals surface area (Å²) in [6.45, 7) is -0.378. The van der Waals surface area contributed by atoms with E-state index in [9.17, 15) is 47.8 Å². The molecule has 4 heterocycles. The lowest BCUT2D eigenvalue weighted by Crippen LogP contribution is -2.52. The number of benzene rings is 4. The molecule has 15 nitrogen and oxygen atoms in total. The van der Waals surface area contributed by atoms with Crippen LogP contribution in [-0.4, -0.2) is 89.6 Å². The molecule has 2 aromatic heterocycles. The molecular weight excluding hydrogens is 948 g/mol. The number of Topliss-reactive ketones (excluding diaryl/α,β-unsaturated/α-hetero) is 1. The first kappa shape index (κ1) is 46.7. The van der Waals surface area contributed by atoms with Crippen molar-refractivity contribution in [2.24, 2.45) is 35.3 Å². The number of carbonyl (C=O) groups excluding carboxylic acids is 6. The quantitative estimate of drug-likeness (QED) is 0.0781. The van der Waals surface area contributed by atoms with Crippen LogP contribution in [0.25, 0.3) is 21.8 Å². The number of halogens is 4. The predicted octanol–water partition coefficient (Wildman–Crippen LogP) is 6.30. The smallest absolute Gasteiger partial charge is 0.250 e. The van der Waals surface area contributed by atoms with Gasteiger partial charge in [-0.3, -0.25) is 28.8 Å². The van der Waals surface area contributed by atoms with Gasteiger partial charge in [0.2, 0.25) is 23.6 Å². The number of aromatic hydroxyl groups is 2. The van der Waals surface area contributed by atoms with Crippen LogP contribution in [-0.2, 0) is 45.4 Å². The Hall–Kier alpha value is -6.98. The minimum Gasteiger partial charge on any atom is -0.508 e. The summed E-state index contributed by atoms with van der Waals surface area (Å²) in [4.78, 5) is 86.5. The van der Waals surface area contributed by atoms with Gasteiger partial charge in [0, 0.05) is 84.6 Å². The van der Waals surface area contributed by atoms with Crippen LogP contribution >= 0.6 is 23.2 Å².